The van der Waals surface area contributed by atoms with E-state index in [1.807, 2.05) is 13.8 Å². The molecule has 2 aromatic rings. The Bertz CT molecular complexity index is 1120. The van der Waals surface area contributed by atoms with Crippen LogP contribution in [0.25, 0.3) is 0 Å². The van der Waals surface area contributed by atoms with Gasteiger partial charge in [0.25, 0.3) is 11.6 Å². The van der Waals surface area contributed by atoms with Crippen LogP contribution in [0.15, 0.2) is 64.8 Å². The van der Waals surface area contributed by atoms with Crippen LogP contribution >= 0.6 is 0 Å². The van der Waals surface area contributed by atoms with Crippen molar-refractivity contribution in [2.45, 2.75) is 33.2 Å². The maximum atomic E-state index is 12.4. The van der Waals surface area contributed by atoms with Gasteiger partial charge in [-0.2, -0.15) is 0 Å². The van der Waals surface area contributed by atoms with E-state index in [0.29, 0.717) is 35.0 Å². The van der Waals surface area contributed by atoms with E-state index in [9.17, 15) is 19.7 Å². The van der Waals surface area contributed by atoms with E-state index in [0.717, 1.165) is 5.57 Å². The quantitative estimate of drug-likeness (QED) is 0.234. The van der Waals surface area contributed by atoms with Gasteiger partial charge in [-0.05, 0) is 58.0 Å². The zero-order chi connectivity index (χ0) is 24.8. The Morgan fingerprint density at radius 1 is 1.15 bits per heavy atom. The molecule has 3 rings (SSSR count). The van der Waals surface area contributed by atoms with Crippen LogP contribution in [-0.4, -0.2) is 34.5 Å². The molecule has 0 aromatic heterocycles. The summed E-state index contributed by atoms with van der Waals surface area (Å²) in [5.74, 6) is 0.0992. The highest BCUT2D eigenvalue weighted by atomic mass is 16.6. The molecule has 0 radical (unpaired) electrons. The number of amidine groups is 1. The fourth-order valence-electron chi connectivity index (χ4n) is 2.90. The maximum Gasteiger partial charge on any atom is 0.269 e. The number of nitro benzene ring substituents is 1. The van der Waals surface area contributed by atoms with Gasteiger partial charge < -0.3 is 26.9 Å². The zero-order valence-electron chi connectivity index (χ0n) is 19.0. The van der Waals surface area contributed by atoms with E-state index < -0.39 is 4.92 Å². The zero-order valence-corrected chi connectivity index (χ0v) is 19.0. The number of amides is 1. The molecular weight excluding hydrogens is 424 g/mol. The fourth-order valence-corrected chi connectivity index (χ4v) is 2.90. The van der Waals surface area contributed by atoms with Crippen molar-refractivity contribution in [3.8, 4) is 0 Å². The van der Waals surface area contributed by atoms with Crippen molar-refractivity contribution in [3.63, 3.8) is 0 Å². The van der Waals surface area contributed by atoms with Gasteiger partial charge in [0, 0.05) is 41.2 Å². The lowest BCUT2D eigenvalue weighted by Gasteiger charge is -2.19. The molecular formula is C23H28N6O4. The number of benzene rings is 2. The Balaban J connectivity index is 0.000000890. The molecule has 1 amide bonds. The lowest BCUT2D eigenvalue weighted by Crippen LogP contribution is -2.38. The van der Waals surface area contributed by atoms with Crippen molar-refractivity contribution in [2.24, 2.45) is 16.5 Å². The van der Waals surface area contributed by atoms with Gasteiger partial charge in [0.2, 0.25) is 0 Å². The van der Waals surface area contributed by atoms with E-state index in [-0.39, 0.29) is 22.9 Å². The highest BCUT2D eigenvalue weighted by Crippen LogP contribution is 2.24. The number of nitrogens with zero attached hydrogens (tertiary/aromatic N) is 2. The molecule has 1 heterocycles. The second-order valence-corrected chi connectivity index (χ2v) is 8.08. The van der Waals surface area contributed by atoms with Crippen LogP contribution in [0, 0.1) is 10.1 Å². The van der Waals surface area contributed by atoms with Crippen molar-refractivity contribution >= 4 is 34.6 Å². The number of anilines is 1. The molecule has 174 valence electrons. The van der Waals surface area contributed by atoms with Gasteiger partial charge >= 0.3 is 0 Å². The number of nitro groups is 1. The van der Waals surface area contributed by atoms with Crippen molar-refractivity contribution in [3.05, 3.63) is 75.5 Å². The molecule has 0 unspecified atom stereocenters. The van der Waals surface area contributed by atoms with Gasteiger partial charge in [-0.1, -0.05) is 6.07 Å². The highest BCUT2D eigenvalue weighted by Gasteiger charge is 2.31. The van der Waals surface area contributed by atoms with Gasteiger partial charge in [-0.15, -0.1) is 0 Å². The second-order valence-electron chi connectivity index (χ2n) is 8.08. The number of carbonyl (C=O) groups excluding carboxylic acids is 2. The van der Waals surface area contributed by atoms with E-state index >= 15 is 0 Å². The number of nitrogens with one attached hydrogen (secondary N) is 2. The number of hydrogen-bond acceptors (Lipinski definition) is 7. The van der Waals surface area contributed by atoms with E-state index in [4.69, 9.17) is 11.5 Å². The maximum absolute atomic E-state index is 12.4. The van der Waals surface area contributed by atoms with Crippen LogP contribution in [0.3, 0.4) is 0 Å². The Morgan fingerprint density at radius 2 is 1.76 bits per heavy atom. The van der Waals surface area contributed by atoms with Gasteiger partial charge in [0.05, 0.1) is 16.1 Å². The minimum Gasteiger partial charge on any atom is -0.400 e. The average Bonchev–Trinajstić information content (AvgIpc) is 3.00. The van der Waals surface area contributed by atoms with Crippen LogP contribution in [0.1, 0.15) is 38.1 Å². The summed E-state index contributed by atoms with van der Waals surface area (Å²) in [5, 5.41) is 16.7. The third-order valence-electron chi connectivity index (χ3n) is 4.71. The van der Waals surface area contributed by atoms with Crippen LogP contribution in [-0.2, 0) is 4.79 Å². The Labute approximate surface area is 191 Å². The molecule has 10 nitrogen and oxygen atoms in total. The van der Waals surface area contributed by atoms with Crippen LogP contribution in [0.4, 0.5) is 17.1 Å². The highest BCUT2D eigenvalue weighted by molar-refractivity contribution is 6.05. The smallest absolute Gasteiger partial charge is 0.269 e. The molecule has 2 aromatic carbocycles. The molecule has 0 saturated heterocycles. The first-order chi connectivity index (χ1) is 15.4. The first kappa shape index (κ1) is 25.2. The molecule has 0 fully saturated rings. The summed E-state index contributed by atoms with van der Waals surface area (Å²) in [6.07, 6.45) is 0. The summed E-state index contributed by atoms with van der Waals surface area (Å²) in [4.78, 5) is 36.4. The molecule has 0 saturated carbocycles. The predicted molar refractivity (Wildman–Crippen MR) is 128 cm³/mol. The van der Waals surface area contributed by atoms with Crippen molar-refractivity contribution in [1.82, 2.24) is 5.32 Å². The summed E-state index contributed by atoms with van der Waals surface area (Å²) in [7, 11) is 0. The normalized spacial score (nSPS) is 14.8. The molecule has 0 atom stereocenters. The molecule has 0 spiro atoms. The Hall–Kier alpha value is -4.05. The Kier molecular flexibility index (Phi) is 8.03. The summed E-state index contributed by atoms with van der Waals surface area (Å²) in [6, 6.07) is 12.3. The second kappa shape index (κ2) is 10.5. The SMILES string of the molecule is CC(C)=O.CC1(C)NCC(C(N)=Nc2cccc(NC(=O)c3ccc([N+](=O)[O-])cc3)c2)=C1N. The van der Waals surface area contributed by atoms with Crippen LogP contribution in [0.2, 0.25) is 0 Å². The molecule has 1 aliphatic heterocycles. The molecule has 33 heavy (non-hydrogen) atoms. The average molecular weight is 453 g/mol. The summed E-state index contributed by atoms with van der Waals surface area (Å²) < 4.78 is 0. The standard InChI is InChI=1S/C20H22N6O3.C3H6O/c1-20(2)17(21)16(11-23-20)18(22)24-13-4-3-5-14(10-13)25-19(27)12-6-8-15(9-7-12)26(28)29;1-3(2)4/h3-10,23H,11,21H2,1-2H3,(H2,22,24)(H,25,27);1-2H3. The number of hydrogen-bond donors (Lipinski definition) is 4. The van der Waals surface area contributed by atoms with E-state index in [2.05, 4.69) is 15.6 Å². The number of aliphatic imine (C=N–C) groups is 1. The molecule has 0 aliphatic carbocycles. The van der Waals surface area contributed by atoms with Gasteiger partial charge in [-0.25, -0.2) is 4.99 Å². The topological polar surface area (TPSA) is 166 Å². The summed E-state index contributed by atoms with van der Waals surface area (Å²) >= 11 is 0. The first-order valence-corrected chi connectivity index (χ1v) is 10.1. The molecule has 1 aliphatic rings. The fraction of sp³-hybridized carbons (Fsp3) is 0.261. The van der Waals surface area contributed by atoms with Crippen molar-refractivity contribution in [2.75, 3.05) is 11.9 Å². The summed E-state index contributed by atoms with van der Waals surface area (Å²) in [5.41, 5.74) is 14.7. The summed E-state index contributed by atoms with van der Waals surface area (Å²) in [6.45, 7) is 7.53. The lowest BCUT2D eigenvalue weighted by atomic mass is 10.0. The number of non-ortho nitro benzene ring substituents is 1. The Morgan fingerprint density at radius 3 is 2.27 bits per heavy atom. The van der Waals surface area contributed by atoms with E-state index in [1.54, 1.807) is 24.3 Å². The lowest BCUT2D eigenvalue weighted by molar-refractivity contribution is -0.384. The van der Waals surface area contributed by atoms with Gasteiger partial charge in [0.15, 0.2) is 0 Å². The van der Waals surface area contributed by atoms with Crippen molar-refractivity contribution in [1.29, 1.82) is 0 Å². The van der Waals surface area contributed by atoms with Crippen molar-refractivity contribution < 1.29 is 14.5 Å². The minimum absolute atomic E-state index is 0.0773. The number of nitrogens with two attached hydrogens (primary N) is 2. The van der Waals surface area contributed by atoms with Crippen LogP contribution in [0.5, 0.6) is 0 Å². The van der Waals surface area contributed by atoms with Gasteiger partial charge in [-0.3, -0.25) is 14.9 Å². The molecule has 6 N–H and O–H groups in total. The van der Waals surface area contributed by atoms with E-state index in [1.165, 1.54) is 38.1 Å². The third-order valence-corrected chi connectivity index (χ3v) is 4.71. The number of rotatable bonds is 5. The van der Waals surface area contributed by atoms with Crippen LogP contribution < -0.4 is 22.1 Å². The van der Waals surface area contributed by atoms with Gasteiger partial charge in [0.1, 0.15) is 11.6 Å². The predicted octanol–water partition coefficient (Wildman–Crippen LogP) is 3.03. The monoisotopic (exact) mass is 452 g/mol. The first-order valence-electron chi connectivity index (χ1n) is 10.1. The minimum atomic E-state index is -0.517. The number of carbonyl (C=O) groups is 2. The third kappa shape index (κ3) is 6.97. The largest absolute Gasteiger partial charge is 0.400 e. The molecule has 0 bridgehead atoms. The number of Topliss-reactive ketones (excluding diaryl/α,β-unsaturated/α-hetero) is 1. The molecule has 10 heteroatoms. The number of ketones is 1.